The number of nitrogens with zero attached hydrogens (tertiary/aromatic N) is 2. The molecule has 1 aliphatic carbocycles. The van der Waals surface area contributed by atoms with Crippen LogP contribution in [0.3, 0.4) is 0 Å². The maximum atomic E-state index is 11.5. The molecular formula is C21H34IN5O. The first kappa shape index (κ1) is 22.9. The molecule has 1 amide bonds. The third kappa shape index (κ3) is 6.92. The Morgan fingerprint density at radius 1 is 1.21 bits per heavy atom. The fourth-order valence-corrected chi connectivity index (χ4v) is 3.80. The lowest BCUT2D eigenvalue weighted by molar-refractivity contribution is -0.122. The van der Waals surface area contributed by atoms with Crippen molar-refractivity contribution in [2.24, 2.45) is 10.9 Å². The molecule has 28 heavy (non-hydrogen) atoms. The summed E-state index contributed by atoms with van der Waals surface area (Å²) in [6, 6.07) is 11.2. The number of nitrogens with one attached hydrogen (secondary N) is 3. The highest BCUT2D eigenvalue weighted by Gasteiger charge is 2.37. The minimum absolute atomic E-state index is 0. The average molecular weight is 499 g/mol. The molecular weight excluding hydrogens is 465 g/mol. The highest BCUT2D eigenvalue weighted by Crippen LogP contribution is 2.47. The highest BCUT2D eigenvalue weighted by atomic mass is 127. The average Bonchev–Trinajstić information content (AvgIpc) is 3.48. The van der Waals surface area contributed by atoms with Crippen LogP contribution in [-0.4, -0.2) is 62.6 Å². The lowest BCUT2D eigenvalue weighted by Crippen LogP contribution is -2.50. The number of hydrogen-bond donors (Lipinski definition) is 3. The zero-order chi connectivity index (χ0) is 19.1. The molecule has 2 atom stereocenters. The summed E-state index contributed by atoms with van der Waals surface area (Å²) in [6.07, 6.45) is 3.32. The van der Waals surface area contributed by atoms with Gasteiger partial charge >= 0.3 is 0 Å². The number of hydrogen-bond acceptors (Lipinski definition) is 3. The number of rotatable bonds is 7. The lowest BCUT2D eigenvalue weighted by atomic mass is 10.1. The van der Waals surface area contributed by atoms with E-state index in [9.17, 15) is 4.79 Å². The van der Waals surface area contributed by atoms with Crippen LogP contribution in [0.25, 0.3) is 0 Å². The molecule has 7 heteroatoms. The molecule has 0 spiro atoms. The van der Waals surface area contributed by atoms with Gasteiger partial charge in [-0.15, -0.1) is 24.0 Å². The SMILES string of the molecule is CCNC(=NCC1CC1c1ccccc1)NC1CCN(CC(=O)NC)CC1.I. The largest absolute Gasteiger partial charge is 0.358 e. The van der Waals surface area contributed by atoms with Gasteiger partial charge in [0.15, 0.2) is 5.96 Å². The number of aliphatic imine (C=N–C) groups is 1. The van der Waals surface area contributed by atoms with E-state index in [1.165, 1.54) is 12.0 Å². The minimum atomic E-state index is 0. The molecule has 2 aliphatic rings. The van der Waals surface area contributed by atoms with Gasteiger partial charge in [-0.2, -0.15) is 0 Å². The molecule has 0 aromatic heterocycles. The van der Waals surface area contributed by atoms with Gasteiger partial charge in [-0.3, -0.25) is 14.7 Å². The Morgan fingerprint density at radius 3 is 2.57 bits per heavy atom. The molecule has 3 rings (SSSR count). The summed E-state index contributed by atoms with van der Waals surface area (Å²) in [5, 5.41) is 9.67. The number of carbonyl (C=O) groups excluding carboxylic acids is 1. The molecule has 3 N–H and O–H groups in total. The van der Waals surface area contributed by atoms with Crippen LogP contribution < -0.4 is 16.0 Å². The van der Waals surface area contributed by atoms with Gasteiger partial charge in [0.05, 0.1) is 6.54 Å². The summed E-state index contributed by atoms with van der Waals surface area (Å²) in [4.78, 5) is 18.6. The molecule has 1 heterocycles. The molecule has 156 valence electrons. The molecule has 1 saturated carbocycles. The maximum Gasteiger partial charge on any atom is 0.233 e. The summed E-state index contributed by atoms with van der Waals surface area (Å²) < 4.78 is 0. The molecule has 0 bridgehead atoms. The zero-order valence-corrected chi connectivity index (χ0v) is 19.3. The first-order valence-corrected chi connectivity index (χ1v) is 10.2. The third-order valence-corrected chi connectivity index (χ3v) is 5.55. The van der Waals surface area contributed by atoms with Gasteiger partial charge < -0.3 is 16.0 Å². The second-order valence-electron chi connectivity index (χ2n) is 7.60. The second kappa shape index (κ2) is 11.6. The van der Waals surface area contributed by atoms with Crippen molar-refractivity contribution < 1.29 is 4.79 Å². The quantitative estimate of drug-likeness (QED) is 0.306. The predicted molar refractivity (Wildman–Crippen MR) is 125 cm³/mol. The van der Waals surface area contributed by atoms with Crippen molar-refractivity contribution in [1.29, 1.82) is 0 Å². The summed E-state index contributed by atoms with van der Waals surface area (Å²) in [7, 11) is 1.69. The highest BCUT2D eigenvalue weighted by molar-refractivity contribution is 14.0. The number of likely N-dealkylation sites (tertiary alicyclic amines) is 1. The fourth-order valence-electron chi connectivity index (χ4n) is 3.80. The Morgan fingerprint density at radius 2 is 1.93 bits per heavy atom. The van der Waals surface area contributed by atoms with E-state index >= 15 is 0 Å². The predicted octanol–water partition coefficient (Wildman–Crippen LogP) is 2.17. The van der Waals surface area contributed by atoms with Crippen molar-refractivity contribution in [2.45, 2.75) is 38.1 Å². The van der Waals surface area contributed by atoms with Gasteiger partial charge in [-0.05, 0) is 43.6 Å². The Kier molecular flexibility index (Phi) is 9.50. The normalized spacial score (nSPS) is 22.9. The molecule has 1 aliphatic heterocycles. The van der Waals surface area contributed by atoms with Crippen LogP contribution in [0, 0.1) is 5.92 Å². The Labute approximate surface area is 186 Å². The van der Waals surface area contributed by atoms with E-state index in [2.05, 4.69) is 58.1 Å². The summed E-state index contributed by atoms with van der Waals surface area (Å²) in [5.74, 6) is 2.36. The van der Waals surface area contributed by atoms with Crippen LogP contribution in [0.1, 0.15) is 37.7 Å². The number of likely N-dealkylation sites (N-methyl/N-ethyl adjacent to an activating group) is 1. The summed E-state index contributed by atoms with van der Waals surface area (Å²) in [5.41, 5.74) is 1.44. The number of guanidine groups is 1. The van der Waals surface area contributed by atoms with Gasteiger partial charge in [0, 0.05) is 39.3 Å². The smallest absolute Gasteiger partial charge is 0.233 e. The van der Waals surface area contributed by atoms with Crippen molar-refractivity contribution in [2.75, 3.05) is 39.8 Å². The van der Waals surface area contributed by atoms with Gasteiger partial charge in [0.2, 0.25) is 5.91 Å². The van der Waals surface area contributed by atoms with E-state index in [1.807, 2.05) is 0 Å². The topological polar surface area (TPSA) is 68.8 Å². The Hall–Kier alpha value is -1.35. The molecule has 1 aromatic rings. The molecule has 2 fully saturated rings. The first-order chi connectivity index (χ1) is 13.2. The maximum absolute atomic E-state index is 11.5. The van der Waals surface area contributed by atoms with Crippen LogP contribution in [-0.2, 0) is 4.79 Å². The standard InChI is InChI=1S/C21H33N5O.HI/c1-3-23-21(24-14-17-13-19(17)16-7-5-4-6-8-16)25-18-9-11-26(12-10-18)15-20(27)22-2;/h4-8,17-19H,3,9-15H2,1-2H3,(H,22,27)(H2,23,24,25);1H. The van der Waals surface area contributed by atoms with Crippen molar-refractivity contribution in [3.05, 3.63) is 35.9 Å². The van der Waals surface area contributed by atoms with Crippen molar-refractivity contribution in [3.8, 4) is 0 Å². The van der Waals surface area contributed by atoms with Gasteiger partial charge in [-0.1, -0.05) is 30.3 Å². The summed E-state index contributed by atoms with van der Waals surface area (Å²) in [6.45, 7) is 6.25. The van der Waals surface area contributed by atoms with E-state index in [-0.39, 0.29) is 29.9 Å². The number of amides is 1. The number of halogens is 1. The van der Waals surface area contributed by atoms with Gasteiger partial charge in [0.25, 0.3) is 0 Å². The van der Waals surface area contributed by atoms with Crippen LogP contribution in [0.2, 0.25) is 0 Å². The molecule has 1 aromatic carbocycles. The van der Waals surface area contributed by atoms with Gasteiger partial charge in [-0.25, -0.2) is 0 Å². The summed E-state index contributed by atoms with van der Waals surface area (Å²) >= 11 is 0. The lowest BCUT2D eigenvalue weighted by Gasteiger charge is -2.32. The third-order valence-electron chi connectivity index (χ3n) is 5.55. The van der Waals surface area contributed by atoms with Crippen LogP contribution >= 0.6 is 24.0 Å². The van der Waals surface area contributed by atoms with Crippen LogP contribution in [0.4, 0.5) is 0 Å². The number of piperidine rings is 1. The Bertz CT molecular complexity index is 631. The number of carbonyl (C=O) groups is 1. The molecule has 6 nitrogen and oxygen atoms in total. The van der Waals surface area contributed by atoms with Crippen molar-refractivity contribution in [1.82, 2.24) is 20.9 Å². The van der Waals surface area contributed by atoms with E-state index in [1.54, 1.807) is 7.05 Å². The van der Waals surface area contributed by atoms with Crippen molar-refractivity contribution >= 4 is 35.8 Å². The fraction of sp³-hybridized carbons (Fsp3) is 0.619. The second-order valence-corrected chi connectivity index (χ2v) is 7.60. The van der Waals surface area contributed by atoms with E-state index in [0.717, 1.165) is 45.0 Å². The van der Waals surface area contributed by atoms with Crippen LogP contribution in [0.5, 0.6) is 0 Å². The van der Waals surface area contributed by atoms with E-state index in [4.69, 9.17) is 4.99 Å². The van der Waals surface area contributed by atoms with E-state index < -0.39 is 0 Å². The monoisotopic (exact) mass is 499 g/mol. The van der Waals surface area contributed by atoms with Gasteiger partial charge in [0.1, 0.15) is 0 Å². The minimum Gasteiger partial charge on any atom is -0.358 e. The number of benzene rings is 1. The van der Waals surface area contributed by atoms with Crippen molar-refractivity contribution in [3.63, 3.8) is 0 Å². The first-order valence-electron chi connectivity index (χ1n) is 10.2. The van der Waals surface area contributed by atoms with Crippen LogP contribution in [0.15, 0.2) is 35.3 Å². The molecule has 2 unspecified atom stereocenters. The van der Waals surface area contributed by atoms with E-state index in [0.29, 0.717) is 24.4 Å². The Balaban J connectivity index is 0.00000280. The molecule has 1 saturated heterocycles. The zero-order valence-electron chi connectivity index (χ0n) is 17.0. The molecule has 0 radical (unpaired) electrons.